The molecular formula is C28H36N4O10S. The maximum Gasteiger partial charge on any atom is 0.339 e. The first-order valence-electron chi connectivity index (χ1n) is 13.4. The number of pyridine rings is 1. The molecule has 0 aliphatic carbocycles. The molecular weight excluding hydrogens is 584 g/mol. The summed E-state index contributed by atoms with van der Waals surface area (Å²) in [4.78, 5) is 60.9. The van der Waals surface area contributed by atoms with Crippen molar-refractivity contribution in [3.05, 3.63) is 64.6 Å². The zero-order valence-corrected chi connectivity index (χ0v) is 24.8. The quantitative estimate of drug-likeness (QED) is 0.135. The van der Waals surface area contributed by atoms with Crippen molar-refractivity contribution < 1.29 is 42.5 Å². The predicted octanol–water partition coefficient (Wildman–Crippen LogP) is 1.60. The number of nitrogens with one attached hydrogen (secondary N) is 3. The molecule has 0 bridgehead atoms. The van der Waals surface area contributed by atoms with Crippen LogP contribution >= 0.6 is 0 Å². The van der Waals surface area contributed by atoms with Gasteiger partial charge in [0.1, 0.15) is 29.6 Å². The molecule has 1 unspecified atom stereocenters. The van der Waals surface area contributed by atoms with Crippen LogP contribution in [0.15, 0.2) is 58.4 Å². The number of ether oxygens (including phenoxy) is 1. The van der Waals surface area contributed by atoms with Crippen LogP contribution in [0.5, 0.6) is 5.75 Å². The largest absolute Gasteiger partial charge is 0.507 e. The van der Waals surface area contributed by atoms with Crippen molar-refractivity contribution in [3.8, 4) is 5.75 Å². The molecule has 14 nitrogen and oxygen atoms in total. The molecule has 1 aromatic carbocycles. The van der Waals surface area contributed by atoms with Crippen molar-refractivity contribution in [3.63, 3.8) is 0 Å². The number of esters is 1. The van der Waals surface area contributed by atoms with Gasteiger partial charge in [0.05, 0.1) is 11.5 Å². The Labute approximate surface area is 248 Å². The Balaban J connectivity index is 2.29. The van der Waals surface area contributed by atoms with Crippen molar-refractivity contribution in [2.75, 3.05) is 18.5 Å². The number of anilines is 1. The highest BCUT2D eigenvalue weighted by molar-refractivity contribution is 7.89. The molecule has 1 atom stereocenters. The van der Waals surface area contributed by atoms with Crippen molar-refractivity contribution in [1.29, 1.82) is 0 Å². The molecule has 2 aromatic rings. The molecule has 15 heteroatoms. The second-order valence-corrected chi connectivity index (χ2v) is 11.5. The minimum Gasteiger partial charge on any atom is -0.507 e. The van der Waals surface area contributed by atoms with Gasteiger partial charge in [0.25, 0.3) is 5.56 Å². The normalized spacial score (nSPS) is 12.2. The van der Waals surface area contributed by atoms with Gasteiger partial charge in [-0.3, -0.25) is 14.4 Å². The van der Waals surface area contributed by atoms with Gasteiger partial charge in [-0.05, 0) is 62.4 Å². The second kappa shape index (κ2) is 16.2. The van der Waals surface area contributed by atoms with Crippen LogP contribution in [0, 0.1) is 5.92 Å². The van der Waals surface area contributed by atoms with Crippen molar-refractivity contribution in [2.45, 2.75) is 57.5 Å². The molecule has 0 aliphatic heterocycles. The Hall–Kier alpha value is -4.50. The summed E-state index contributed by atoms with van der Waals surface area (Å²) in [5.74, 6) is -3.81. The topological polar surface area (TPSA) is 210 Å². The molecule has 2 amide bonds. The van der Waals surface area contributed by atoms with Crippen LogP contribution < -0.4 is 20.9 Å². The summed E-state index contributed by atoms with van der Waals surface area (Å²) in [7, 11) is -4.52. The molecule has 0 fully saturated rings. The summed E-state index contributed by atoms with van der Waals surface area (Å²) in [6.07, 6.45) is 4.47. The van der Waals surface area contributed by atoms with Gasteiger partial charge in [-0.25, -0.2) is 18.0 Å². The number of carboxylic acids is 1. The van der Waals surface area contributed by atoms with E-state index >= 15 is 0 Å². The van der Waals surface area contributed by atoms with E-state index in [1.807, 2.05) is 13.8 Å². The van der Waals surface area contributed by atoms with Gasteiger partial charge in [0.2, 0.25) is 21.8 Å². The maximum absolute atomic E-state index is 13.3. The molecule has 0 saturated heterocycles. The number of aromatic hydroxyl groups is 1. The minimum absolute atomic E-state index is 0.0327. The third-order valence-corrected chi connectivity index (χ3v) is 7.39. The zero-order valence-electron chi connectivity index (χ0n) is 24.0. The van der Waals surface area contributed by atoms with E-state index in [2.05, 4.69) is 15.4 Å². The number of hydrogen-bond donors (Lipinski definition) is 5. The van der Waals surface area contributed by atoms with E-state index < -0.39 is 61.6 Å². The van der Waals surface area contributed by atoms with Crippen LogP contribution in [0.4, 0.5) is 5.69 Å². The molecule has 43 heavy (non-hydrogen) atoms. The van der Waals surface area contributed by atoms with Crippen molar-refractivity contribution >= 4 is 39.5 Å². The van der Waals surface area contributed by atoms with Gasteiger partial charge in [0, 0.05) is 18.8 Å². The van der Waals surface area contributed by atoms with E-state index in [0.29, 0.717) is 12.5 Å². The number of carbonyl (C=O) groups excluding carboxylic acids is 3. The highest BCUT2D eigenvalue weighted by Crippen LogP contribution is 2.22. The first-order valence-corrected chi connectivity index (χ1v) is 14.9. The number of phenols is 1. The van der Waals surface area contributed by atoms with Gasteiger partial charge in [-0.1, -0.05) is 19.9 Å². The van der Waals surface area contributed by atoms with Crippen molar-refractivity contribution in [1.82, 2.24) is 14.6 Å². The average Bonchev–Trinajstić information content (AvgIpc) is 2.92. The van der Waals surface area contributed by atoms with E-state index in [0.717, 1.165) is 35.3 Å². The Kier molecular flexibility index (Phi) is 13.1. The Morgan fingerprint density at radius 1 is 1.12 bits per heavy atom. The molecule has 5 N–H and O–H groups in total. The first kappa shape index (κ1) is 34.7. The van der Waals surface area contributed by atoms with E-state index in [1.54, 1.807) is 6.92 Å². The smallest absolute Gasteiger partial charge is 0.339 e. The average molecular weight is 621 g/mol. The number of rotatable bonds is 16. The number of aromatic nitrogens is 1. The predicted molar refractivity (Wildman–Crippen MR) is 156 cm³/mol. The SMILES string of the molecule is CCOC(=O)C=CCCC(NS(=O)(=O)c1ccc(O)c(C(=O)O)c1)C(=O)Nc1cccn(CC(=O)NCCC(C)C)c1=O. The van der Waals surface area contributed by atoms with Gasteiger partial charge < -0.3 is 30.2 Å². The number of amides is 2. The Morgan fingerprint density at radius 3 is 2.49 bits per heavy atom. The van der Waals surface area contributed by atoms with Crippen molar-refractivity contribution in [2.24, 2.45) is 5.92 Å². The lowest BCUT2D eigenvalue weighted by Gasteiger charge is -2.18. The molecule has 0 aliphatic rings. The summed E-state index contributed by atoms with van der Waals surface area (Å²) in [5, 5.41) is 24.1. The van der Waals surface area contributed by atoms with Gasteiger partial charge >= 0.3 is 11.9 Å². The van der Waals surface area contributed by atoms with Gasteiger partial charge in [-0.15, -0.1) is 0 Å². The molecule has 1 aromatic heterocycles. The fourth-order valence-electron chi connectivity index (χ4n) is 3.67. The standard InChI is InChI=1S/C28H36N4O10S/c1-4-42-25(35)10-6-5-8-21(31-43(40,41)19-11-12-23(33)20(16-19)28(38)39)26(36)30-22-9-7-15-32(27(22)37)17-24(34)29-14-13-18(2)3/h6-7,9-12,15-16,18,21,31,33H,4-5,8,13-14,17H2,1-3H3,(H,29,34)(H,30,36)(H,38,39). The summed E-state index contributed by atoms with van der Waals surface area (Å²) in [5.41, 5.74) is -1.59. The summed E-state index contributed by atoms with van der Waals surface area (Å²) < 4.78 is 34.3. The number of carboxylic acid groups (broad SMARTS) is 1. The van der Waals surface area contributed by atoms with E-state index in [1.165, 1.54) is 24.4 Å². The maximum atomic E-state index is 13.3. The number of nitrogens with zero attached hydrogens (tertiary/aromatic N) is 1. The summed E-state index contributed by atoms with van der Waals surface area (Å²) in [6, 6.07) is 3.81. The first-order chi connectivity index (χ1) is 20.2. The summed E-state index contributed by atoms with van der Waals surface area (Å²) >= 11 is 0. The van der Waals surface area contributed by atoms with Gasteiger partial charge in [0.15, 0.2) is 0 Å². The lowest BCUT2D eigenvalue weighted by atomic mass is 10.1. The third kappa shape index (κ3) is 11.0. The van der Waals surface area contributed by atoms with Crippen LogP contribution in [-0.2, 0) is 35.7 Å². The Morgan fingerprint density at radius 2 is 1.84 bits per heavy atom. The van der Waals surface area contributed by atoms with E-state index in [4.69, 9.17) is 4.74 Å². The number of benzene rings is 1. The lowest BCUT2D eigenvalue weighted by Crippen LogP contribution is -2.44. The molecule has 234 valence electrons. The second-order valence-electron chi connectivity index (χ2n) is 9.77. The number of aromatic carboxylic acids is 1. The molecule has 0 spiro atoms. The fourth-order valence-corrected chi connectivity index (χ4v) is 4.93. The monoisotopic (exact) mass is 620 g/mol. The minimum atomic E-state index is -4.52. The number of allylic oxidation sites excluding steroid dienone is 1. The zero-order chi connectivity index (χ0) is 32.2. The number of hydrogen-bond acceptors (Lipinski definition) is 9. The molecule has 2 rings (SSSR count). The number of carbonyl (C=O) groups is 4. The van der Waals surface area contributed by atoms with Crippen LogP contribution in [0.1, 0.15) is 50.4 Å². The van der Waals surface area contributed by atoms with Crippen LogP contribution in [-0.4, -0.2) is 66.1 Å². The van der Waals surface area contributed by atoms with E-state index in [-0.39, 0.29) is 31.7 Å². The molecule has 1 heterocycles. The highest BCUT2D eigenvalue weighted by atomic mass is 32.2. The van der Waals surface area contributed by atoms with Crippen LogP contribution in [0.3, 0.4) is 0 Å². The van der Waals surface area contributed by atoms with Crippen LogP contribution in [0.25, 0.3) is 0 Å². The highest BCUT2D eigenvalue weighted by Gasteiger charge is 2.27. The molecule has 0 saturated carbocycles. The Bertz CT molecular complexity index is 1520. The summed E-state index contributed by atoms with van der Waals surface area (Å²) in [6.45, 7) is 5.91. The number of sulfonamides is 1. The lowest BCUT2D eigenvalue weighted by molar-refractivity contribution is -0.137. The van der Waals surface area contributed by atoms with Crippen LogP contribution in [0.2, 0.25) is 0 Å². The van der Waals surface area contributed by atoms with E-state index in [9.17, 15) is 42.6 Å². The molecule has 0 radical (unpaired) electrons. The van der Waals surface area contributed by atoms with Gasteiger partial charge in [-0.2, -0.15) is 4.72 Å². The fraction of sp³-hybridized carbons (Fsp3) is 0.393. The third-order valence-electron chi connectivity index (χ3n) is 5.92.